The standard InChI is InChI=1S/C18H40N2O2/c1-5-9-16(11-8-14-19)10-6-7-12-17(13-15-20)18(2,21-3)22-4/h16-17H,5-15,19-20H2,1-4H3. The Bertz CT molecular complexity index is 245. The first-order chi connectivity index (χ1) is 10.6. The van der Waals surface area contributed by atoms with Crippen molar-refractivity contribution in [3.8, 4) is 0 Å². The molecule has 0 aromatic heterocycles. The second kappa shape index (κ2) is 13.3. The summed E-state index contributed by atoms with van der Waals surface area (Å²) in [5, 5.41) is 0. The largest absolute Gasteiger partial charge is 0.353 e. The Morgan fingerprint density at radius 1 is 0.818 bits per heavy atom. The Labute approximate surface area is 138 Å². The van der Waals surface area contributed by atoms with Gasteiger partial charge in [0.05, 0.1) is 0 Å². The van der Waals surface area contributed by atoms with E-state index in [0.717, 1.165) is 31.7 Å². The quantitative estimate of drug-likeness (QED) is 0.357. The number of nitrogens with two attached hydrogens (primary N) is 2. The molecule has 134 valence electrons. The molecule has 0 rings (SSSR count). The van der Waals surface area contributed by atoms with Gasteiger partial charge in [0, 0.05) is 20.1 Å². The van der Waals surface area contributed by atoms with Crippen LogP contribution in [0.1, 0.15) is 71.6 Å². The topological polar surface area (TPSA) is 70.5 Å². The van der Waals surface area contributed by atoms with Crippen LogP contribution in [-0.4, -0.2) is 33.1 Å². The van der Waals surface area contributed by atoms with Crippen LogP contribution in [0.15, 0.2) is 0 Å². The van der Waals surface area contributed by atoms with Gasteiger partial charge in [-0.25, -0.2) is 0 Å². The average Bonchev–Trinajstić information content (AvgIpc) is 2.54. The van der Waals surface area contributed by atoms with Gasteiger partial charge in [-0.3, -0.25) is 0 Å². The molecule has 4 nitrogen and oxygen atoms in total. The second-order valence-electron chi connectivity index (χ2n) is 6.57. The van der Waals surface area contributed by atoms with Gasteiger partial charge in [-0.1, -0.05) is 39.0 Å². The third-order valence-electron chi connectivity index (χ3n) is 5.00. The van der Waals surface area contributed by atoms with Crippen molar-refractivity contribution in [1.82, 2.24) is 0 Å². The van der Waals surface area contributed by atoms with Crippen molar-refractivity contribution in [2.45, 2.75) is 77.4 Å². The molecule has 4 N–H and O–H groups in total. The second-order valence-corrected chi connectivity index (χ2v) is 6.57. The summed E-state index contributed by atoms with van der Waals surface area (Å²) in [5.41, 5.74) is 11.4. The van der Waals surface area contributed by atoms with E-state index in [1.807, 2.05) is 6.92 Å². The van der Waals surface area contributed by atoms with Gasteiger partial charge in [-0.15, -0.1) is 0 Å². The van der Waals surface area contributed by atoms with E-state index in [1.165, 1.54) is 38.5 Å². The number of ether oxygens (including phenoxy) is 2. The molecule has 2 atom stereocenters. The smallest absolute Gasteiger partial charge is 0.167 e. The predicted molar refractivity (Wildman–Crippen MR) is 94.7 cm³/mol. The molecular weight excluding hydrogens is 276 g/mol. The molecule has 0 aliphatic heterocycles. The Morgan fingerprint density at radius 2 is 1.41 bits per heavy atom. The van der Waals surface area contributed by atoms with Gasteiger partial charge in [0.2, 0.25) is 0 Å². The van der Waals surface area contributed by atoms with Gasteiger partial charge in [0.15, 0.2) is 5.79 Å². The van der Waals surface area contributed by atoms with E-state index in [2.05, 4.69) is 6.92 Å². The van der Waals surface area contributed by atoms with Gasteiger partial charge in [-0.2, -0.15) is 0 Å². The van der Waals surface area contributed by atoms with E-state index in [-0.39, 0.29) is 0 Å². The summed E-state index contributed by atoms with van der Waals surface area (Å²) in [6.45, 7) is 5.80. The maximum atomic E-state index is 5.76. The number of unbranched alkanes of at least 4 members (excludes halogenated alkanes) is 1. The lowest BCUT2D eigenvalue weighted by Crippen LogP contribution is -2.40. The minimum atomic E-state index is -0.512. The minimum absolute atomic E-state index is 0.362. The lowest BCUT2D eigenvalue weighted by molar-refractivity contribution is -0.229. The lowest BCUT2D eigenvalue weighted by Gasteiger charge is -2.35. The number of hydrogen-bond acceptors (Lipinski definition) is 4. The van der Waals surface area contributed by atoms with Crippen LogP contribution in [0.4, 0.5) is 0 Å². The first-order valence-corrected chi connectivity index (χ1v) is 9.08. The maximum Gasteiger partial charge on any atom is 0.167 e. The van der Waals surface area contributed by atoms with Crippen molar-refractivity contribution < 1.29 is 9.47 Å². The van der Waals surface area contributed by atoms with Crippen LogP contribution >= 0.6 is 0 Å². The van der Waals surface area contributed by atoms with Gasteiger partial charge in [-0.05, 0) is 51.6 Å². The highest BCUT2D eigenvalue weighted by atomic mass is 16.7. The van der Waals surface area contributed by atoms with Crippen LogP contribution in [-0.2, 0) is 9.47 Å². The Kier molecular flexibility index (Phi) is 13.2. The van der Waals surface area contributed by atoms with Crippen LogP contribution in [0.25, 0.3) is 0 Å². The van der Waals surface area contributed by atoms with E-state index in [1.54, 1.807) is 14.2 Å². The van der Waals surface area contributed by atoms with Crippen molar-refractivity contribution in [3.63, 3.8) is 0 Å². The third kappa shape index (κ3) is 8.47. The van der Waals surface area contributed by atoms with Gasteiger partial charge >= 0.3 is 0 Å². The summed E-state index contributed by atoms with van der Waals surface area (Å²) >= 11 is 0. The first kappa shape index (κ1) is 21.8. The SMILES string of the molecule is CCCC(CCCN)CCCCC(CCN)C(C)(OC)OC. The highest BCUT2D eigenvalue weighted by Crippen LogP contribution is 2.30. The molecule has 0 amide bonds. The maximum absolute atomic E-state index is 5.76. The van der Waals surface area contributed by atoms with Gasteiger partial charge in [0.25, 0.3) is 0 Å². The number of methoxy groups -OCH3 is 2. The molecule has 2 unspecified atom stereocenters. The zero-order valence-electron chi connectivity index (χ0n) is 15.4. The fourth-order valence-corrected chi connectivity index (χ4v) is 3.36. The van der Waals surface area contributed by atoms with Crippen molar-refractivity contribution in [2.75, 3.05) is 27.3 Å². The molecular formula is C18H40N2O2. The first-order valence-electron chi connectivity index (χ1n) is 9.08. The average molecular weight is 317 g/mol. The van der Waals surface area contributed by atoms with Crippen molar-refractivity contribution in [1.29, 1.82) is 0 Å². The van der Waals surface area contributed by atoms with Crippen molar-refractivity contribution in [2.24, 2.45) is 23.3 Å². The fourth-order valence-electron chi connectivity index (χ4n) is 3.36. The number of rotatable bonds is 15. The molecule has 0 aliphatic rings. The van der Waals surface area contributed by atoms with Crippen LogP contribution < -0.4 is 11.5 Å². The molecule has 0 heterocycles. The fraction of sp³-hybridized carbons (Fsp3) is 1.00. The normalized spacial score (nSPS) is 15.0. The molecule has 0 radical (unpaired) electrons. The molecule has 0 saturated carbocycles. The molecule has 22 heavy (non-hydrogen) atoms. The third-order valence-corrected chi connectivity index (χ3v) is 5.00. The zero-order valence-corrected chi connectivity index (χ0v) is 15.4. The van der Waals surface area contributed by atoms with E-state index in [9.17, 15) is 0 Å². The van der Waals surface area contributed by atoms with Crippen molar-refractivity contribution in [3.05, 3.63) is 0 Å². The minimum Gasteiger partial charge on any atom is -0.353 e. The molecule has 0 aromatic rings. The molecule has 0 spiro atoms. The van der Waals surface area contributed by atoms with Crippen LogP contribution in [0.2, 0.25) is 0 Å². The lowest BCUT2D eigenvalue weighted by atomic mass is 9.87. The zero-order chi connectivity index (χ0) is 16.8. The highest BCUT2D eigenvalue weighted by molar-refractivity contribution is 4.75. The van der Waals surface area contributed by atoms with E-state index >= 15 is 0 Å². The summed E-state index contributed by atoms with van der Waals surface area (Å²) in [6, 6.07) is 0. The summed E-state index contributed by atoms with van der Waals surface area (Å²) in [7, 11) is 3.44. The van der Waals surface area contributed by atoms with E-state index < -0.39 is 5.79 Å². The highest BCUT2D eigenvalue weighted by Gasteiger charge is 2.33. The summed E-state index contributed by atoms with van der Waals surface area (Å²) in [4.78, 5) is 0. The Morgan fingerprint density at radius 3 is 1.91 bits per heavy atom. The van der Waals surface area contributed by atoms with E-state index in [4.69, 9.17) is 20.9 Å². The molecule has 0 bridgehead atoms. The van der Waals surface area contributed by atoms with E-state index in [0.29, 0.717) is 12.5 Å². The molecule has 4 heteroatoms. The van der Waals surface area contributed by atoms with Crippen LogP contribution in [0, 0.1) is 11.8 Å². The predicted octanol–water partition coefficient (Wildman–Crippen LogP) is 3.68. The summed E-state index contributed by atoms with van der Waals surface area (Å²) in [6.07, 6.45) is 10.9. The number of hydrogen-bond donors (Lipinski definition) is 2. The monoisotopic (exact) mass is 316 g/mol. The molecule has 0 saturated heterocycles. The van der Waals surface area contributed by atoms with Crippen LogP contribution in [0.5, 0.6) is 0 Å². The molecule has 0 aliphatic carbocycles. The van der Waals surface area contributed by atoms with Crippen molar-refractivity contribution >= 4 is 0 Å². The summed E-state index contributed by atoms with van der Waals surface area (Å²) in [5.74, 6) is 0.695. The van der Waals surface area contributed by atoms with Gasteiger partial charge in [0.1, 0.15) is 0 Å². The van der Waals surface area contributed by atoms with Gasteiger partial charge < -0.3 is 20.9 Å². The molecule has 0 aromatic carbocycles. The molecule has 0 fully saturated rings. The van der Waals surface area contributed by atoms with Crippen LogP contribution in [0.3, 0.4) is 0 Å². The Balaban J connectivity index is 4.20. The Hall–Kier alpha value is -0.160. The summed E-state index contributed by atoms with van der Waals surface area (Å²) < 4.78 is 11.2.